The first-order chi connectivity index (χ1) is 11.7. The minimum atomic E-state index is 0.513. The minimum Gasteiger partial charge on any atom is -0.497 e. The topological polar surface area (TPSA) is 59.1 Å². The van der Waals surface area contributed by atoms with Crippen LogP contribution in [0.15, 0.2) is 60.7 Å². The molecule has 0 spiro atoms. The van der Waals surface area contributed by atoms with Gasteiger partial charge in [-0.25, -0.2) is 0 Å². The lowest BCUT2D eigenvalue weighted by molar-refractivity contribution is 0.415. The predicted molar refractivity (Wildman–Crippen MR) is 101 cm³/mol. The normalized spacial score (nSPS) is 11.0. The maximum Gasteiger partial charge on any atom is 0.119 e. The van der Waals surface area contributed by atoms with Gasteiger partial charge >= 0.3 is 0 Å². The number of nitrogens with one attached hydrogen (secondary N) is 1. The average Bonchev–Trinajstić information content (AvgIpc) is 2.59. The molecule has 2 aromatic rings. The van der Waals surface area contributed by atoms with Gasteiger partial charge in [-0.05, 0) is 47.5 Å². The van der Waals surface area contributed by atoms with Gasteiger partial charge in [0.05, 0.1) is 12.5 Å². The van der Waals surface area contributed by atoms with Crippen molar-refractivity contribution in [3.63, 3.8) is 0 Å². The Morgan fingerprint density at radius 3 is 2.71 bits per heavy atom. The maximum atomic E-state index is 7.93. The molecule has 0 fully saturated rings. The number of ether oxygens (including phenoxy) is 1. The Morgan fingerprint density at radius 2 is 1.88 bits per heavy atom. The lowest BCUT2D eigenvalue weighted by atomic mass is 9.95. The Hall–Kier alpha value is -2.85. The van der Waals surface area contributed by atoms with Crippen molar-refractivity contribution in [2.45, 2.75) is 0 Å². The zero-order chi connectivity index (χ0) is 16.7. The highest BCUT2D eigenvalue weighted by Gasteiger charge is 2.15. The lowest BCUT2D eigenvalue weighted by Crippen LogP contribution is -1.99. The Morgan fingerprint density at radius 1 is 1.00 bits per heavy atom. The van der Waals surface area contributed by atoms with E-state index < -0.39 is 0 Å². The van der Waals surface area contributed by atoms with Crippen LogP contribution in [-0.4, -0.2) is 7.11 Å². The minimum absolute atomic E-state index is 0.513. The van der Waals surface area contributed by atoms with E-state index in [-0.39, 0.29) is 0 Å². The summed E-state index contributed by atoms with van der Waals surface area (Å²) in [5, 5.41) is 9.60. The quantitative estimate of drug-likeness (QED) is 0.411. The highest BCUT2D eigenvalue weighted by Crippen LogP contribution is 2.43. The van der Waals surface area contributed by atoms with Gasteiger partial charge in [0.15, 0.2) is 0 Å². The molecule has 1 aliphatic heterocycles. The molecule has 0 saturated heterocycles. The van der Waals surface area contributed by atoms with Crippen LogP contribution in [0, 0.1) is 5.41 Å². The van der Waals surface area contributed by atoms with Crippen LogP contribution < -0.4 is 15.8 Å². The molecule has 0 atom stereocenters. The Kier molecular flexibility index (Phi) is 3.47. The molecule has 3 N–H and O–H groups in total. The molecular weight excluding hydrogens is 316 g/mol. The summed E-state index contributed by atoms with van der Waals surface area (Å²) in [5.41, 5.74) is 10.1. The number of hydrogen-bond acceptors (Lipinski definition) is 4. The van der Waals surface area contributed by atoms with E-state index in [1.807, 2.05) is 48.5 Å². The molecule has 118 valence electrons. The standard InChI is InChI=1S/C20H16N2OS/c1-23-15-4-2-3-12(9-15)20-16-7-5-13(21)10-18(16)24-19-11-14(22)6-8-17(19)20/h2-11,21H,22H2,1H3. The molecule has 0 unspecified atom stereocenters. The first kappa shape index (κ1) is 14.7. The molecule has 2 aliphatic rings. The molecule has 0 radical (unpaired) electrons. The predicted octanol–water partition coefficient (Wildman–Crippen LogP) is 4.74. The second-order valence-corrected chi connectivity index (χ2v) is 6.76. The second-order valence-electron chi connectivity index (χ2n) is 5.68. The summed E-state index contributed by atoms with van der Waals surface area (Å²) in [5.74, 6) is 0.828. The molecule has 1 heterocycles. The summed E-state index contributed by atoms with van der Waals surface area (Å²) in [6.07, 6.45) is 0. The molecule has 0 bridgehead atoms. The molecule has 0 saturated carbocycles. The monoisotopic (exact) mass is 332 g/mol. The van der Waals surface area contributed by atoms with Crippen molar-refractivity contribution in [3.05, 3.63) is 66.0 Å². The molecule has 0 amide bonds. The highest BCUT2D eigenvalue weighted by atomic mass is 32.1. The van der Waals surface area contributed by atoms with E-state index in [1.54, 1.807) is 18.4 Å². The number of nitrogens with two attached hydrogens (primary N) is 1. The fourth-order valence-corrected chi connectivity index (χ4v) is 4.17. The first-order valence-corrected chi connectivity index (χ1v) is 8.42. The second kappa shape index (κ2) is 5.65. The maximum absolute atomic E-state index is 7.93. The number of fused-ring (bicyclic) bond motifs is 2. The SMILES string of the molecule is COc1cccc(-c2c3ccc(=N)cc-3sc3cc(N)ccc23)c1. The van der Waals surface area contributed by atoms with Crippen LogP contribution in [0.2, 0.25) is 0 Å². The molecule has 0 aromatic heterocycles. The third-order valence-electron chi connectivity index (χ3n) is 4.10. The number of methoxy groups -OCH3 is 1. The smallest absolute Gasteiger partial charge is 0.119 e. The summed E-state index contributed by atoms with van der Waals surface area (Å²) in [6, 6.07) is 19.9. The summed E-state index contributed by atoms with van der Waals surface area (Å²) < 4.78 is 6.51. The third kappa shape index (κ3) is 2.41. The van der Waals surface area contributed by atoms with E-state index >= 15 is 0 Å². The van der Waals surface area contributed by atoms with Crippen molar-refractivity contribution in [1.29, 1.82) is 5.41 Å². The number of rotatable bonds is 2. The van der Waals surface area contributed by atoms with Crippen molar-refractivity contribution < 1.29 is 4.74 Å². The number of benzene rings is 3. The van der Waals surface area contributed by atoms with Crippen molar-refractivity contribution in [2.75, 3.05) is 12.8 Å². The van der Waals surface area contributed by atoms with Gasteiger partial charge in [0.2, 0.25) is 0 Å². The molecule has 3 nitrogen and oxygen atoms in total. The fourth-order valence-electron chi connectivity index (χ4n) is 3.00. The van der Waals surface area contributed by atoms with Gasteiger partial charge in [-0.1, -0.05) is 24.3 Å². The van der Waals surface area contributed by atoms with Gasteiger partial charge in [-0.3, -0.25) is 0 Å². The lowest BCUT2D eigenvalue weighted by Gasteiger charge is -2.16. The van der Waals surface area contributed by atoms with Crippen molar-refractivity contribution in [3.8, 4) is 27.3 Å². The van der Waals surface area contributed by atoms with Crippen molar-refractivity contribution in [2.24, 2.45) is 0 Å². The van der Waals surface area contributed by atoms with Gasteiger partial charge in [-0.2, -0.15) is 0 Å². The van der Waals surface area contributed by atoms with Gasteiger partial charge in [0, 0.05) is 26.2 Å². The highest BCUT2D eigenvalue weighted by molar-refractivity contribution is 7.21. The summed E-state index contributed by atoms with van der Waals surface area (Å²) in [7, 11) is 1.68. The van der Waals surface area contributed by atoms with E-state index in [2.05, 4.69) is 12.1 Å². The summed E-state index contributed by atoms with van der Waals surface area (Å²) in [4.78, 5) is 1.08. The number of nitrogen functional groups attached to an aromatic ring is 1. The molecule has 4 heteroatoms. The van der Waals surface area contributed by atoms with Gasteiger partial charge < -0.3 is 15.9 Å². The third-order valence-corrected chi connectivity index (χ3v) is 5.22. The Bertz CT molecular complexity index is 1080. The van der Waals surface area contributed by atoms with E-state index in [0.717, 1.165) is 43.1 Å². The van der Waals surface area contributed by atoms with E-state index in [4.69, 9.17) is 15.9 Å². The van der Waals surface area contributed by atoms with Crippen molar-refractivity contribution >= 4 is 27.1 Å². The average molecular weight is 332 g/mol. The summed E-state index contributed by atoms with van der Waals surface area (Å²) >= 11 is 1.67. The molecule has 1 aliphatic carbocycles. The zero-order valence-electron chi connectivity index (χ0n) is 13.2. The first-order valence-electron chi connectivity index (χ1n) is 7.61. The van der Waals surface area contributed by atoms with Crippen LogP contribution in [0.25, 0.3) is 31.7 Å². The van der Waals surface area contributed by atoms with E-state index in [9.17, 15) is 0 Å². The van der Waals surface area contributed by atoms with E-state index in [0.29, 0.717) is 5.36 Å². The summed E-state index contributed by atoms with van der Waals surface area (Å²) in [6.45, 7) is 0. The van der Waals surface area contributed by atoms with E-state index in [1.165, 1.54) is 0 Å². The number of anilines is 1. The largest absolute Gasteiger partial charge is 0.497 e. The van der Waals surface area contributed by atoms with Crippen LogP contribution in [0.1, 0.15) is 0 Å². The van der Waals surface area contributed by atoms with Crippen LogP contribution >= 0.6 is 11.3 Å². The van der Waals surface area contributed by atoms with Crippen molar-refractivity contribution in [1.82, 2.24) is 0 Å². The zero-order valence-corrected chi connectivity index (χ0v) is 14.0. The molecule has 24 heavy (non-hydrogen) atoms. The van der Waals surface area contributed by atoms with Crippen LogP contribution in [0.3, 0.4) is 0 Å². The van der Waals surface area contributed by atoms with Crippen LogP contribution in [0.4, 0.5) is 5.69 Å². The Labute approximate surface area is 143 Å². The number of hydrogen-bond donors (Lipinski definition) is 2. The van der Waals surface area contributed by atoms with Gasteiger partial charge in [0.1, 0.15) is 5.75 Å². The molecule has 4 rings (SSSR count). The Balaban J connectivity index is 2.16. The van der Waals surface area contributed by atoms with Crippen LogP contribution in [-0.2, 0) is 0 Å². The van der Waals surface area contributed by atoms with Gasteiger partial charge in [-0.15, -0.1) is 11.3 Å². The van der Waals surface area contributed by atoms with Crippen LogP contribution in [0.5, 0.6) is 5.75 Å². The molecule has 2 aromatic carbocycles. The molecular formula is C20H16N2OS. The fraction of sp³-hybridized carbons (Fsp3) is 0.0500. The van der Waals surface area contributed by atoms with Gasteiger partial charge in [0.25, 0.3) is 0 Å².